The first-order valence-corrected chi connectivity index (χ1v) is 5.72. The van der Waals surface area contributed by atoms with Gasteiger partial charge in [0.05, 0.1) is 10.8 Å². The maximum atomic E-state index is 10.9. The smallest absolute Gasteiger partial charge is 0.308 e. The fourth-order valence-electron chi connectivity index (χ4n) is 2.24. The topological polar surface area (TPSA) is 83.7 Å². The molecule has 1 aliphatic rings. The number of benzene rings is 1. The van der Waals surface area contributed by atoms with Gasteiger partial charge < -0.3 is 10.0 Å². The van der Waals surface area contributed by atoms with Crippen LogP contribution in [0.15, 0.2) is 18.2 Å². The second-order valence-corrected chi connectivity index (χ2v) is 4.50. The average Bonchev–Trinajstić information content (AvgIpc) is 2.77. The Morgan fingerprint density at radius 3 is 2.78 bits per heavy atom. The first kappa shape index (κ1) is 12.3. The van der Waals surface area contributed by atoms with Crippen LogP contribution in [-0.2, 0) is 4.79 Å². The number of carbonyl (C=O) groups is 1. The normalized spacial score (nSPS) is 18.9. The van der Waals surface area contributed by atoms with Gasteiger partial charge >= 0.3 is 5.97 Å². The molecule has 6 nitrogen and oxygen atoms in total. The van der Waals surface area contributed by atoms with E-state index in [0.29, 0.717) is 25.1 Å². The zero-order valence-corrected chi connectivity index (χ0v) is 10.00. The number of nitrogens with zero attached hydrogens (tertiary/aromatic N) is 2. The fraction of sp³-hybridized carbons (Fsp3) is 0.417. The number of nitro benzene ring substituents is 1. The minimum atomic E-state index is -0.781. The van der Waals surface area contributed by atoms with Crippen LogP contribution in [-0.4, -0.2) is 29.1 Å². The van der Waals surface area contributed by atoms with E-state index in [0.717, 1.165) is 5.69 Å². The summed E-state index contributed by atoms with van der Waals surface area (Å²) in [6, 6.07) is 4.89. The van der Waals surface area contributed by atoms with E-state index in [2.05, 4.69) is 0 Å². The zero-order chi connectivity index (χ0) is 13.3. The molecule has 0 amide bonds. The highest BCUT2D eigenvalue weighted by molar-refractivity contribution is 5.72. The van der Waals surface area contributed by atoms with Gasteiger partial charge in [0, 0.05) is 30.4 Å². The van der Waals surface area contributed by atoms with E-state index in [1.807, 2.05) is 4.90 Å². The lowest BCUT2D eigenvalue weighted by atomic mass is 10.1. The van der Waals surface area contributed by atoms with E-state index in [4.69, 9.17) is 5.11 Å². The van der Waals surface area contributed by atoms with Crippen LogP contribution < -0.4 is 4.90 Å². The van der Waals surface area contributed by atoms with Crippen molar-refractivity contribution in [2.24, 2.45) is 5.92 Å². The zero-order valence-electron chi connectivity index (χ0n) is 10.00. The third kappa shape index (κ3) is 2.27. The molecule has 0 saturated carbocycles. The summed E-state index contributed by atoms with van der Waals surface area (Å²) in [7, 11) is 0. The molecule has 1 N–H and O–H groups in total. The quantitative estimate of drug-likeness (QED) is 0.653. The Morgan fingerprint density at radius 2 is 2.28 bits per heavy atom. The Bertz CT molecular complexity index is 501. The predicted octanol–water partition coefficient (Wildman–Crippen LogP) is 1.81. The van der Waals surface area contributed by atoms with Crippen LogP contribution in [0.1, 0.15) is 12.0 Å². The summed E-state index contributed by atoms with van der Waals surface area (Å²) in [4.78, 5) is 23.1. The molecule has 1 aromatic rings. The number of nitro groups is 1. The van der Waals surface area contributed by atoms with Crippen LogP contribution in [0.2, 0.25) is 0 Å². The van der Waals surface area contributed by atoms with E-state index in [-0.39, 0.29) is 11.6 Å². The van der Waals surface area contributed by atoms with Gasteiger partial charge in [-0.3, -0.25) is 14.9 Å². The van der Waals surface area contributed by atoms with Crippen LogP contribution in [0.5, 0.6) is 0 Å². The van der Waals surface area contributed by atoms with E-state index in [1.165, 1.54) is 6.07 Å². The molecule has 6 heteroatoms. The lowest BCUT2D eigenvalue weighted by Crippen LogP contribution is -2.22. The summed E-state index contributed by atoms with van der Waals surface area (Å²) >= 11 is 0. The average molecular weight is 250 g/mol. The van der Waals surface area contributed by atoms with Crippen molar-refractivity contribution < 1.29 is 14.8 Å². The molecular weight excluding hydrogens is 236 g/mol. The van der Waals surface area contributed by atoms with Gasteiger partial charge in [-0.1, -0.05) is 0 Å². The van der Waals surface area contributed by atoms with Crippen molar-refractivity contribution in [3.8, 4) is 0 Å². The molecule has 1 saturated heterocycles. The molecule has 1 atom stereocenters. The minimum Gasteiger partial charge on any atom is -0.481 e. The lowest BCUT2D eigenvalue weighted by Gasteiger charge is -2.18. The number of carboxylic acids is 1. The van der Waals surface area contributed by atoms with Gasteiger partial charge in [0.25, 0.3) is 5.69 Å². The standard InChI is InChI=1S/C12H14N2O4/c1-8-6-10(2-3-11(8)14(17)18)13-5-4-9(7-13)12(15)16/h2-3,6,9H,4-5,7H2,1H3,(H,15,16). The Labute approximate surface area is 104 Å². The number of anilines is 1. The molecule has 1 unspecified atom stereocenters. The highest BCUT2D eigenvalue weighted by Gasteiger charge is 2.28. The van der Waals surface area contributed by atoms with E-state index >= 15 is 0 Å². The van der Waals surface area contributed by atoms with Gasteiger partial charge in [-0.05, 0) is 25.5 Å². The molecule has 0 bridgehead atoms. The maximum Gasteiger partial charge on any atom is 0.308 e. The van der Waals surface area contributed by atoms with Crippen molar-refractivity contribution in [1.82, 2.24) is 0 Å². The Kier molecular flexibility index (Phi) is 3.18. The third-order valence-electron chi connectivity index (χ3n) is 3.28. The highest BCUT2D eigenvalue weighted by Crippen LogP contribution is 2.28. The fourth-order valence-corrected chi connectivity index (χ4v) is 2.24. The number of rotatable bonds is 3. The Morgan fingerprint density at radius 1 is 1.56 bits per heavy atom. The van der Waals surface area contributed by atoms with Crippen molar-refractivity contribution in [2.75, 3.05) is 18.0 Å². The summed E-state index contributed by atoms with van der Waals surface area (Å²) in [5.74, 6) is -1.13. The van der Waals surface area contributed by atoms with Gasteiger partial charge in [-0.2, -0.15) is 0 Å². The number of carboxylic acid groups (broad SMARTS) is 1. The van der Waals surface area contributed by atoms with Crippen LogP contribution in [0, 0.1) is 23.0 Å². The van der Waals surface area contributed by atoms with E-state index in [9.17, 15) is 14.9 Å². The molecule has 1 aromatic carbocycles. The maximum absolute atomic E-state index is 10.9. The van der Waals surface area contributed by atoms with Crippen molar-refractivity contribution in [2.45, 2.75) is 13.3 Å². The largest absolute Gasteiger partial charge is 0.481 e. The highest BCUT2D eigenvalue weighted by atomic mass is 16.6. The summed E-state index contributed by atoms with van der Waals surface area (Å²) in [6.45, 7) is 2.83. The number of aryl methyl sites for hydroxylation is 1. The van der Waals surface area contributed by atoms with Crippen LogP contribution in [0.4, 0.5) is 11.4 Å². The number of hydrogen-bond donors (Lipinski definition) is 1. The molecule has 96 valence electrons. The molecular formula is C12H14N2O4. The molecule has 0 aliphatic carbocycles. The number of hydrogen-bond acceptors (Lipinski definition) is 4. The minimum absolute atomic E-state index is 0.0905. The SMILES string of the molecule is Cc1cc(N2CCC(C(=O)O)C2)ccc1[N+](=O)[O-]. The Balaban J connectivity index is 2.18. The summed E-state index contributed by atoms with van der Waals surface area (Å²) in [5.41, 5.74) is 1.53. The van der Waals surface area contributed by atoms with Crippen molar-refractivity contribution in [3.63, 3.8) is 0 Å². The first-order valence-electron chi connectivity index (χ1n) is 5.72. The van der Waals surface area contributed by atoms with Crippen LogP contribution in [0.25, 0.3) is 0 Å². The van der Waals surface area contributed by atoms with Crippen molar-refractivity contribution in [3.05, 3.63) is 33.9 Å². The van der Waals surface area contributed by atoms with Gasteiger partial charge in [0.1, 0.15) is 0 Å². The molecule has 1 heterocycles. The molecule has 0 radical (unpaired) electrons. The molecule has 0 spiro atoms. The predicted molar refractivity (Wildman–Crippen MR) is 65.8 cm³/mol. The van der Waals surface area contributed by atoms with Crippen LogP contribution >= 0.6 is 0 Å². The summed E-state index contributed by atoms with van der Waals surface area (Å²) in [5, 5.41) is 19.6. The van der Waals surface area contributed by atoms with E-state index < -0.39 is 10.9 Å². The molecule has 1 aliphatic heterocycles. The monoisotopic (exact) mass is 250 g/mol. The van der Waals surface area contributed by atoms with Gasteiger partial charge in [-0.25, -0.2) is 0 Å². The molecule has 0 aromatic heterocycles. The number of aliphatic carboxylic acids is 1. The second-order valence-electron chi connectivity index (χ2n) is 4.50. The van der Waals surface area contributed by atoms with Gasteiger partial charge in [-0.15, -0.1) is 0 Å². The van der Waals surface area contributed by atoms with Crippen LogP contribution in [0.3, 0.4) is 0 Å². The first-order chi connectivity index (χ1) is 8.49. The van der Waals surface area contributed by atoms with Crippen molar-refractivity contribution >= 4 is 17.3 Å². The van der Waals surface area contributed by atoms with Gasteiger partial charge in [0.15, 0.2) is 0 Å². The molecule has 18 heavy (non-hydrogen) atoms. The molecule has 1 fully saturated rings. The second kappa shape index (κ2) is 4.64. The lowest BCUT2D eigenvalue weighted by molar-refractivity contribution is -0.385. The third-order valence-corrected chi connectivity index (χ3v) is 3.28. The summed E-state index contributed by atoms with van der Waals surface area (Å²) < 4.78 is 0. The Hall–Kier alpha value is -2.11. The van der Waals surface area contributed by atoms with E-state index in [1.54, 1.807) is 19.1 Å². The van der Waals surface area contributed by atoms with Gasteiger partial charge in [0.2, 0.25) is 0 Å². The summed E-state index contributed by atoms with van der Waals surface area (Å²) in [6.07, 6.45) is 0.616. The molecule has 2 rings (SSSR count). The van der Waals surface area contributed by atoms with Crippen molar-refractivity contribution in [1.29, 1.82) is 0 Å².